The van der Waals surface area contributed by atoms with E-state index in [-0.39, 0.29) is 0 Å². The number of hydrogen-bond acceptors (Lipinski definition) is 5. The minimum atomic E-state index is 0.338. The van der Waals surface area contributed by atoms with Crippen LogP contribution in [0.2, 0.25) is 0 Å². The maximum absolute atomic E-state index is 8.89. The summed E-state index contributed by atoms with van der Waals surface area (Å²) in [5.74, 6) is 1.55. The lowest BCUT2D eigenvalue weighted by molar-refractivity contribution is 0.283. The summed E-state index contributed by atoms with van der Waals surface area (Å²) in [6.07, 6.45) is 2.52. The summed E-state index contributed by atoms with van der Waals surface area (Å²) >= 11 is 0. The molecule has 1 atom stereocenters. The van der Waals surface area contributed by atoms with Crippen LogP contribution in [0.3, 0.4) is 0 Å². The maximum Gasteiger partial charge on any atom is 0.182 e. The zero-order valence-corrected chi connectivity index (χ0v) is 10.0. The highest BCUT2D eigenvalue weighted by Gasteiger charge is 2.30. The Bertz CT molecular complexity index is 501. The molecule has 1 saturated heterocycles. The zero-order chi connectivity index (χ0) is 12.5. The van der Waals surface area contributed by atoms with Gasteiger partial charge < -0.3 is 14.4 Å². The van der Waals surface area contributed by atoms with Gasteiger partial charge in [0, 0.05) is 44.4 Å². The number of pyridine rings is 1. The third kappa shape index (κ3) is 1.91. The molecule has 0 N–H and O–H groups in total. The summed E-state index contributed by atoms with van der Waals surface area (Å²) in [6.45, 7) is 3.12. The molecule has 2 aliphatic heterocycles. The van der Waals surface area contributed by atoms with E-state index in [0.717, 1.165) is 31.9 Å². The maximum atomic E-state index is 8.89. The quantitative estimate of drug-likeness (QED) is 0.611. The van der Waals surface area contributed by atoms with Gasteiger partial charge in [-0.05, 0) is 0 Å². The van der Waals surface area contributed by atoms with Crippen molar-refractivity contribution < 1.29 is 4.74 Å². The summed E-state index contributed by atoms with van der Waals surface area (Å²) in [7, 11) is 5.86. The number of ether oxygens (including phenoxy) is 1. The van der Waals surface area contributed by atoms with Crippen molar-refractivity contribution in [3.8, 4) is 11.8 Å². The van der Waals surface area contributed by atoms with Crippen LogP contribution in [0, 0.1) is 11.3 Å². The van der Waals surface area contributed by atoms with Gasteiger partial charge in [0.05, 0.1) is 12.2 Å². The van der Waals surface area contributed by atoms with Crippen molar-refractivity contribution in [2.45, 2.75) is 12.5 Å². The molecule has 0 saturated carbocycles. The highest BCUT2D eigenvalue weighted by Crippen LogP contribution is 2.32. The van der Waals surface area contributed by atoms with E-state index in [1.165, 1.54) is 0 Å². The Kier molecular flexibility index (Phi) is 2.84. The molecule has 0 bridgehead atoms. The average molecular weight is 240 g/mol. The highest BCUT2D eigenvalue weighted by molar-refractivity contribution is 6.04. The summed E-state index contributed by atoms with van der Waals surface area (Å²) in [5.41, 5.74) is 0.532. The van der Waals surface area contributed by atoms with E-state index < -0.39 is 0 Å². The smallest absolute Gasteiger partial charge is 0.182 e. The van der Waals surface area contributed by atoms with E-state index in [0.29, 0.717) is 24.0 Å². The molecule has 0 aliphatic carbocycles. The van der Waals surface area contributed by atoms with Crippen molar-refractivity contribution in [1.82, 2.24) is 9.79 Å². The SMILES string of the molecule is [B]N1CCN2c3ncc(C#N)cc3OCCC2C1. The van der Waals surface area contributed by atoms with Gasteiger partial charge in [0.25, 0.3) is 0 Å². The predicted molar refractivity (Wildman–Crippen MR) is 67.5 cm³/mol. The lowest BCUT2D eigenvalue weighted by atomic mass is 10.1. The first kappa shape index (κ1) is 11.4. The van der Waals surface area contributed by atoms with Crippen LogP contribution < -0.4 is 9.64 Å². The van der Waals surface area contributed by atoms with Gasteiger partial charge in [-0.1, -0.05) is 0 Å². The van der Waals surface area contributed by atoms with Gasteiger partial charge in [0.2, 0.25) is 0 Å². The fourth-order valence-corrected chi connectivity index (χ4v) is 2.53. The standard InChI is InChI=1S/C12H13BN4O/c13-16-2-3-17-10(8-16)1-4-18-11-5-9(6-14)7-15-12(11)17/h5,7,10H,1-4,8H2. The predicted octanol–water partition coefficient (Wildman–Crippen LogP) is 0.310. The van der Waals surface area contributed by atoms with Crippen LogP contribution in [-0.2, 0) is 0 Å². The van der Waals surface area contributed by atoms with Crippen LogP contribution >= 0.6 is 0 Å². The van der Waals surface area contributed by atoms with Gasteiger partial charge in [-0.15, -0.1) is 0 Å². The summed E-state index contributed by atoms with van der Waals surface area (Å²) in [6, 6.07) is 4.19. The molecular weight excluding hydrogens is 227 g/mol. The molecule has 18 heavy (non-hydrogen) atoms. The molecule has 1 unspecified atom stereocenters. The molecule has 3 rings (SSSR count). The largest absolute Gasteiger partial charge is 0.490 e. The number of aromatic nitrogens is 1. The second kappa shape index (κ2) is 4.50. The number of hydrogen-bond donors (Lipinski definition) is 0. The molecule has 2 radical (unpaired) electrons. The van der Waals surface area contributed by atoms with Gasteiger partial charge in [0.1, 0.15) is 6.07 Å². The second-order valence-corrected chi connectivity index (χ2v) is 4.64. The monoisotopic (exact) mass is 240 g/mol. The Labute approximate surface area is 107 Å². The van der Waals surface area contributed by atoms with Gasteiger partial charge in [-0.3, -0.25) is 0 Å². The van der Waals surface area contributed by atoms with E-state index in [2.05, 4.69) is 16.0 Å². The van der Waals surface area contributed by atoms with E-state index in [4.69, 9.17) is 18.0 Å². The Morgan fingerprint density at radius 2 is 2.39 bits per heavy atom. The molecule has 3 heterocycles. The molecule has 6 heteroatoms. The molecule has 0 spiro atoms. The summed E-state index contributed by atoms with van der Waals surface area (Å²) in [5, 5.41) is 8.89. The number of rotatable bonds is 0. The molecule has 5 nitrogen and oxygen atoms in total. The van der Waals surface area contributed by atoms with Crippen molar-refractivity contribution in [1.29, 1.82) is 5.26 Å². The summed E-state index contributed by atoms with van der Waals surface area (Å²) < 4.78 is 5.70. The zero-order valence-electron chi connectivity index (χ0n) is 10.0. The minimum Gasteiger partial charge on any atom is -0.490 e. The third-order valence-corrected chi connectivity index (χ3v) is 3.46. The van der Waals surface area contributed by atoms with Gasteiger partial charge in [0.15, 0.2) is 19.5 Å². The lowest BCUT2D eigenvalue weighted by Crippen LogP contribution is -2.52. The van der Waals surface area contributed by atoms with Crippen LogP contribution in [0.15, 0.2) is 12.3 Å². The van der Waals surface area contributed by atoms with Gasteiger partial charge >= 0.3 is 0 Å². The topological polar surface area (TPSA) is 52.4 Å². The average Bonchev–Trinajstić information content (AvgIpc) is 2.56. The van der Waals surface area contributed by atoms with E-state index >= 15 is 0 Å². The normalized spacial score (nSPS) is 23.3. The molecule has 1 aromatic heterocycles. The Morgan fingerprint density at radius 3 is 3.22 bits per heavy atom. The molecular formula is C12H13BN4O. The second-order valence-electron chi connectivity index (χ2n) is 4.64. The van der Waals surface area contributed by atoms with Gasteiger partial charge in [-0.25, -0.2) is 4.98 Å². The van der Waals surface area contributed by atoms with Crippen LogP contribution in [0.1, 0.15) is 12.0 Å². The number of nitrogens with zero attached hydrogens (tertiary/aromatic N) is 4. The molecule has 0 aromatic carbocycles. The van der Waals surface area contributed by atoms with Crippen LogP contribution in [0.5, 0.6) is 5.75 Å². The van der Waals surface area contributed by atoms with E-state index in [9.17, 15) is 0 Å². The van der Waals surface area contributed by atoms with Crippen molar-refractivity contribution in [2.75, 3.05) is 31.1 Å². The first-order valence-electron chi connectivity index (χ1n) is 6.07. The fourth-order valence-electron chi connectivity index (χ4n) is 2.53. The number of anilines is 1. The number of fused-ring (bicyclic) bond motifs is 3. The first-order valence-corrected chi connectivity index (χ1v) is 6.07. The van der Waals surface area contributed by atoms with Crippen molar-refractivity contribution in [3.05, 3.63) is 17.8 Å². The summed E-state index contributed by atoms with van der Waals surface area (Å²) in [4.78, 5) is 8.46. The van der Waals surface area contributed by atoms with Gasteiger partial charge in [-0.2, -0.15) is 5.26 Å². The van der Waals surface area contributed by atoms with Crippen LogP contribution in [-0.4, -0.2) is 50.1 Å². The Balaban J connectivity index is 1.97. The third-order valence-electron chi connectivity index (χ3n) is 3.46. The van der Waals surface area contributed by atoms with Crippen molar-refractivity contribution in [2.24, 2.45) is 0 Å². The van der Waals surface area contributed by atoms with Crippen molar-refractivity contribution >= 4 is 13.8 Å². The number of piperazine rings is 1. The van der Waals surface area contributed by atoms with Crippen molar-refractivity contribution in [3.63, 3.8) is 0 Å². The van der Waals surface area contributed by atoms with E-state index in [1.807, 2.05) is 4.81 Å². The lowest BCUT2D eigenvalue weighted by Gasteiger charge is -2.40. The fraction of sp³-hybridized carbons (Fsp3) is 0.500. The first-order chi connectivity index (χ1) is 8.78. The molecule has 0 amide bonds. The Hall–Kier alpha value is -1.74. The Morgan fingerprint density at radius 1 is 1.50 bits per heavy atom. The van der Waals surface area contributed by atoms with Crippen LogP contribution in [0.4, 0.5) is 5.82 Å². The number of nitriles is 1. The van der Waals surface area contributed by atoms with Crippen LogP contribution in [0.25, 0.3) is 0 Å². The molecule has 1 aromatic rings. The minimum absolute atomic E-state index is 0.338. The van der Waals surface area contributed by atoms with E-state index in [1.54, 1.807) is 12.3 Å². The highest BCUT2D eigenvalue weighted by atomic mass is 16.5. The molecule has 1 fully saturated rings. The molecule has 90 valence electrons. The molecule has 2 aliphatic rings.